The second-order valence-corrected chi connectivity index (χ2v) is 6.76. The molecule has 130 valence electrons. The van der Waals surface area contributed by atoms with E-state index in [2.05, 4.69) is 21.6 Å². The number of urea groups is 1. The lowest BCUT2D eigenvalue weighted by atomic mass is 10.0. The zero-order valence-corrected chi connectivity index (χ0v) is 14.7. The highest BCUT2D eigenvalue weighted by Gasteiger charge is 2.27. The number of piperazine rings is 1. The van der Waals surface area contributed by atoms with Gasteiger partial charge in [0.1, 0.15) is 0 Å². The van der Waals surface area contributed by atoms with Crippen molar-refractivity contribution in [2.75, 3.05) is 36.0 Å². The molecule has 2 amide bonds. The molecule has 0 bridgehead atoms. The van der Waals surface area contributed by atoms with Gasteiger partial charge in [0.2, 0.25) is 0 Å². The summed E-state index contributed by atoms with van der Waals surface area (Å²) in [6, 6.07) is 13.8. The molecule has 4 rings (SSSR count). The van der Waals surface area contributed by atoms with Crippen LogP contribution in [0.4, 0.5) is 16.2 Å². The van der Waals surface area contributed by atoms with E-state index in [1.165, 1.54) is 11.3 Å². The lowest BCUT2D eigenvalue weighted by Crippen LogP contribution is -2.46. The molecule has 1 fully saturated rings. The molecule has 0 aliphatic carbocycles. The summed E-state index contributed by atoms with van der Waals surface area (Å²) in [5.74, 6) is 0. The summed E-state index contributed by atoms with van der Waals surface area (Å²) < 4.78 is 0. The third-order valence-corrected chi connectivity index (χ3v) is 5.19. The average Bonchev–Trinajstić information content (AvgIpc) is 2.66. The number of amides is 2. The van der Waals surface area contributed by atoms with E-state index < -0.39 is 0 Å². The normalized spacial score (nSPS) is 17.2. The summed E-state index contributed by atoms with van der Waals surface area (Å²) in [5, 5.41) is 7.07. The van der Waals surface area contributed by atoms with E-state index >= 15 is 0 Å². The van der Waals surface area contributed by atoms with Crippen molar-refractivity contribution in [1.82, 2.24) is 10.6 Å². The highest BCUT2D eigenvalue weighted by molar-refractivity contribution is 6.31. The summed E-state index contributed by atoms with van der Waals surface area (Å²) in [7, 11) is 0. The number of hydrogen-bond acceptors (Lipinski definition) is 3. The largest absolute Gasteiger partial charge is 0.369 e. The zero-order valence-electron chi connectivity index (χ0n) is 14.0. The average molecular weight is 357 g/mol. The van der Waals surface area contributed by atoms with E-state index in [9.17, 15) is 4.79 Å². The molecule has 0 radical (unpaired) electrons. The predicted octanol–water partition coefficient (Wildman–Crippen LogP) is 2.98. The van der Waals surface area contributed by atoms with E-state index in [1.807, 2.05) is 36.4 Å². The molecular weight excluding hydrogens is 336 g/mol. The van der Waals surface area contributed by atoms with Gasteiger partial charge >= 0.3 is 6.03 Å². The third-order valence-electron chi connectivity index (χ3n) is 4.82. The maximum Gasteiger partial charge on any atom is 0.322 e. The summed E-state index contributed by atoms with van der Waals surface area (Å²) >= 11 is 6.30. The molecule has 2 aliphatic heterocycles. The van der Waals surface area contributed by atoms with Crippen molar-refractivity contribution < 1.29 is 4.79 Å². The Bertz CT molecular complexity index is 789. The van der Waals surface area contributed by atoms with Gasteiger partial charge in [-0.05, 0) is 23.8 Å². The SMILES string of the molecule is O=C1NCc2c(N3CCNCC3)cccc2N1Cc1ccccc1Cl. The quantitative estimate of drug-likeness (QED) is 0.888. The van der Waals surface area contributed by atoms with Gasteiger partial charge in [0.05, 0.1) is 12.2 Å². The van der Waals surface area contributed by atoms with Gasteiger partial charge in [-0.15, -0.1) is 0 Å². The topological polar surface area (TPSA) is 47.6 Å². The Morgan fingerprint density at radius 3 is 2.56 bits per heavy atom. The first-order chi connectivity index (χ1) is 12.2. The molecule has 2 aromatic rings. The summed E-state index contributed by atoms with van der Waals surface area (Å²) in [5.41, 5.74) is 4.30. The van der Waals surface area contributed by atoms with Crippen LogP contribution in [0, 0.1) is 0 Å². The van der Waals surface area contributed by atoms with E-state index in [0.29, 0.717) is 18.1 Å². The highest BCUT2D eigenvalue weighted by Crippen LogP contribution is 2.34. The molecule has 6 heteroatoms. The van der Waals surface area contributed by atoms with Gasteiger partial charge < -0.3 is 15.5 Å². The van der Waals surface area contributed by atoms with Gasteiger partial charge in [-0.3, -0.25) is 4.90 Å². The van der Waals surface area contributed by atoms with Crippen LogP contribution in [0.1, 0.15) is 11.1 Å². The fraction of sp³-hybridized carbons (Fsp3) is 0.316. The molecule has 2 aliphatic rings. The molecule has 25 heavy (non-hydrogen) atoms. The standard InChI is InChI=1S/C19H21ClN4O/c20-16-5-2-1-4-14(16)13-24-18-7-3-6-17(15(18)12-22-19(24)25)23-10-8-21-9-11-23/h1-7,21H,8-13H2,(H,22,25). The Morgan fingerprint density at radius 2 is 1.76 bits per heavy atom. The lowest BCUT2D eigenvalue weighted by Gasteiger charge is -2.36. The Kier molecular flexibility index (Phi) is 4.51. The van der Waals surface area contributed by atoms with E-state index in [0.717, 1.165) is 37.4 Å². The van der Waals surface area contributed by atoms with Crippen molar-refractivity contribution in [1.29, 1.82) is 0 Å². The van der Waals surface area contributed by atoms with Crippen LogP contribution in [0.5, 0.6) is 0 Å². The van der Waals surface area contributed by atoms with Crippen LogP contribution in [0.3, 0.4) is 0 Å². The highest BCUT2D eigenvalue weighted by atomic mass is 35.5. The fourth-order valence-electron chi connectivity index (χ4n) is 3.52. The number of halogens is 1. The summed E-state index contributed by atoms with van der Waals surface area (Å²) in [6.07, 6.45) is 0. The van der Waals surface area contributed by atoms with Gasteiger partial charge in [0, 0.05) is 49.0 Å². The number of anilines is 2. The Labute approximate surface area is 152 Å². The van der Waals surface area contributed by atoms with Crippen LogP contribution < -0.4 is 20.4 Å². The van der Waals surface area contributed by atoms with Gasteiger partial charge in [-0.2, -0.15) is 0 Å². The lowest BCUT2D eigenvalue weighted by molar-refractivity contribution is 0.244. The van der Waals surface area contributed by atoms with Crippen molar-refractivity contribution >= 4 is 29.0 Å². The van der Waals surface area contributed by atoms with Gasteiger partial charge in [-0.1, -0.05) is 35.9 Å². The molecule has 0 aromatic heterocycles. The molecule has 2 N–H and O–H groups in total. The van der Waals surface area contributed by atoms with Crippen LogP contribution in [0.15, 0.2) is 42.5 Å². The fourth-order valence-corrected chi connectivity index (χ4v) is 3.72. The summed E-state index contributed by atoms with van der Waals surface area (Å²) in [4.78, 5) is 16.7. The first kappa shape index (κ1) is 16.2. The minimum atomic E-state index is -0.0788. The number of nitrogens with one attached hydrogen (secondary N) is 2. The monoisotopic (exact) mass is 356 g/mol. The minimum Gasteiger partial charge on any atom is -0.369 e. The van der Waals surface area contributed by atoms with Crippen LogP contribution in [-0.2, 0) is 13.1 Å². The van der Waals surface area contributed by atoms with Gasteiger partial charge in [0.25, 0.3) is 0 Å². The number of benzene rings is 2. The molecule has 5 nitrogen and oxygen atoms in total. The van der Waals surface area contributed by atoms with Crippen molar-refractivity contribution in [2.24, 2.45) is 0 Å². The molecule has 0 spiro atoms. The Morgan fingerprint density at radius 1 is 1.00 bits per heavy atom. The second-order valence-electron chi connectivity index (χ2n) is 6.35. The molecule has 0 saturated carbocycles. The Hall–Kier alpha value is -2.24. The number of rotatable bonds is 3. The van der Waals surface area contributed by atoms with Crippen LogP contribution in [0.2, 0.25) is 5.02 Å². The molecule has 0 unspecified atom stereocenters. The molecular formula is C19H21ClN4O. The van der Waals surface area contributed by atoms with Crippen LogP contribution in [-0.4, -0.2) is 32.2 Å². The maximum atomic E-state index is 12.5. The molecule has 1 saturated heterocycles. The van der Waals surface area contributed by atoms with E-state index in [-0.39, 0.29) is 6.03 Å². The second kappa shape index (κ2) is 6.94. The van der Waals surface area contributed by atoms with E-state index in [4.69, 9.17) is 11.6 Å². The number of carbonyl (C=O) groups excluding carboxylic acids is 1. The van der Waals surface area contributed by atoms with E-state index in [1.54, 1.807) is 4.90 Å². The van der Waals surface area contributed by atoms with Crippen molar-refractivity contribution in [3.05, 3.63) is 58.6 Å². The van der Waals surface area contributed by atoms with Gasteiger partial charge in [-0.25, -0.2) is 4.79 Å². The van der Waals surface area contributed by atoms with Crippen molar-refractivity contribution in [3.63, 3.8) is 0 Å². The van der Waals surface area contributed by atoms with Crippen LogP contribution in [0.25, 0.3) is 0 Å². The van der Waals surface area contributed by atoms with Crippen molar-refractivity contribution in [2.45, 2.75) is 13.1 Å². The number of carbonyl (C=O) groups is 1. The van der Waals surface area contributed by atoms with Crippen LogP contribution >= 0.6 is 11.6 Å². The number of fused-ring (bicyclic) bond motifs is 1. The maximum absolute atomic E-state index is 12.5. The first-order valence-electron chi connectivity index (χ1n) is 8.60. The number of nitrogens with zero attached hydrogens (tertiary/aromatic N) is 2. The third kappa shape index (κ3) is 3.17. The molecule has 0 atom stereocenters. The zero-order chi connectivity index (χ0) is 17.2. The van der Waals surface area contributed by atoms with Crippen molar-refractivity contribution in [3.8, 4) is 0 Å². The molecule has 2 heterocycles. The summed E-state index contributed by atoms with van der Waals surface area (Å²) in [6.45, 7) is 4.96. The predicted molar refractivity (Wildman–Crippen MR) is 101 cm³/mol. The molecule has 2 aromatic carbocycles. The smallest absolute Gasteiger partial charge is 0.322 e. The minimum absolute atomic E-state index is 0.0788. The van der Waals surface area contributed by atoms with Gasteiger partial charge in [0.15, 0.2) is 0 Å². The first-order valence-corrected chi connectivity index (χ1v) is 8.98. The number of hydrogen-bond donors (Lipinski definition) is 2. The Balaban J connectivity index is 1.69.